The molecule has 0 aliphatic rings. The summed E-state index contributed by atoms with van der Waals surface area (Å²) in [6.07, 6.45) is 1.16. The molecule has 3 nitrogen and oxygen atoms in total. The Morgan fingerprint density at radius 2 is 1.92 bits per heavy atom. The molecular weight excluding hydrogens is 374 g/mol. The summed E-state index contributed by atoms with van der Waals surface area (Å²) in [6.45, 7) is 0. The molecule has 2 aromatic carbocycles. The maximum absolute atomic E-state index is 13.3. The van der Waals surface area contributed by atoms with Crippen molar-refractivity contribution >= 4 is 34.1 Å². The van der Waals surface area contributed by atoms with Crippen molar-refractivity contribution in [2.45, 2.75) is 17.7 Å². The number of halogens is 2. The number of anilines is 1. The number of hydrogen-bond acceptors (Lipinski definition) is 4. The highest BCUT2D eigenvalue weighted by Crippen LogP contribution is 2.26. The summed E-state index contributed by atoms with van der Waals surface area (Å²) in [5.41, 5.74) is 0.976. The van der Waals surface area contributed by atoms with E-state index in [1.807, 2.05) is 30.3 Å². The summed E-state index contributed by atoms with van der Waals surface area (Å²) in [5.74, 6) is -1.07. The van der Waals surface area contributed by atoms with Crippen molar-refractivity contribution in [2.24, 2.45) is 0 Å². The predicted molar refractivity (Wildman–Crippen MR) is 102 cm³/mol. The van der Waals surface area contributed by atoms with E-state index in [9.17, 15) is 13.6 Å². The fourth-order valence-corrected chi connectivity index (χ4v) is 3.85. The summed E-state index contributed by atoms with van der Waals surface area (Å²) in [5, 5.41) is 4.90. The Morgan fingerprint density at radius 3 is 2.69 bits per heavy atom. The Balaban J connectivity index is 1.47. The number of aromatic nitrogens is 1. The molecule has 0 aliphatic carbocycles. The minimum absolute atomic E-state index is 0.107. The van der Waals surface area contributed by atoms with Crippen molar-refractivity contribution in [1.82, 2.24) is 4.98 Å². The number of rotatable bonds is 7. The van der Waals surface area contributed by atoms with Gasteiger partial charge in [-0.25, -0.2) is 13.8 Å². The van der Waals surface area contributed by atoms with Crippen molar-refractivity contribution in [3.63, 3.8) is 0 Å². The van der Waals surface area contributed by atoms with Crippen LogP contribution in [0.25, 0.3) is 11.3 Å². The highest BCUT2D eigenvalue weighted by Gasteiger charge is 2.10. The normalized spacial score (nSPS) is 10.7. The van der Waals surface area contributed by atoms with Gasteiger partial charge in [-0.3, -0.25) is 4.79 Å². The van der Waals surface area contributed by atoms with E-state index < -0.39 is 11.6 Å². The van der Waals surface area contributed by atoms with Crippen LogP contribution in [0, 0.1) is 11.6 Å². The molecule has 7 heteroatoms. The minimum atomic E-state index is -0.919. The van der Waals surface area contributed by atoms with E-state index in [2.05, 4.69) is 10.3 Å². The van der Waals surface area contributed by atoms with E-state index in [1.54, 1.807) is 17.1 Å². The molecule has 0 aliphatic heterocycles. The molecule has 0 radical (unpaired) electrons. The molecule has 1 aromatic heterocycles. The standard InChI is InChI=1S/C19H16F2N2OS2/c20-15-9-8-13(11-16(15)21)17-12-26-19(22-17)23-18(24)7-4-10-25-14-5-2-1-3-6-14/h1-3,5-6,8-9,11-12H,4,7,10H2,(H,22,23,24). The lowest BCUT2D eigenvalue weighted by atomic mass is 10.2. The third-order valence-electron chi connectivity index (χ3n) is 3.53. The molecule has 0 unspecified atom stereocenters. The molecule has 3 rings (SSSR count). The smallest absolute Gasteiger partial charge is 0.226 e. The monoisotopic (exact) mass is 390 g/mol. The van der Waals surface area contributed by atoms with Crippen LogP contribution >= 0.6 is 23.1 Å². The molecule has 0 fully saturated rings. The molecule has 0 bridgehead atoms. The molecule has 0 atom stereocenters. The molecule has 0 spiro atoms. The zero-order chi connectivity index (χ0) is 18.4. The summed E-state index contributed by atoms with van der Waals surface area (Å²) in [6, 6.07) is 13.6. The van der Waals surface area contributed by atoms with Gasteiger partial charge in [-0.2, -0.15) is 0 Å². The van der Waals surface area contributed by atoms with Gasteiger partial charge in [0.05, 0.1) is 5.69 Å². The van der Waals surface area contributed by atoms with Gasteiger partial charge >= 0.3 is 0 Å². The van der Waals surface area contributed by atoms with E-state index in [1.165, 1.54) is 22.3 Å². The summed E-state index contributed by atoms with van der Waals surface area (Å²) >= 11 is 2.97. The minimum Gasteiger partial charge on any atom is -0.302 e. The average molecular weight is 390 g/mol. The molecule has 0 saturated heterocycles. The molecule has 0 saturated carbocycles. The van der Waals surface area contributed by atoms with Gasteiger partial charge in [0.15, 0.2) is 16.8 Å². The van der Waals surface area contributed by atoms with Gasteiger partial charge < -0.3 is 5.32 Å². The van der Waals surface area contributed by atoms with Crippen molar-refractivity contribution in [1.29, 1.82) is 0 Å². The average Bonchev–Trinajstić information content (AvgIpc) is 3.10. The first-order chi connectivity index (χ1) is 12.6. The van der Waals surface area contributed by atoms with Crippen LogP contribution in [0.5, 0.6) is 0 Å². The number of carbonyl (C=O) groups is 1. The first-order valence-electron chi connectivity index (χ1n) is 8.00. The molecule has 26 heavy (non-hydrogen) atoms. The van der Waals surface area contributed by atoms with Gasteiger partial charge in [0.2, 0.25) is 5.91 Å². The summed E-state index contributed by atoms with van der Waals surface area (Å²) in [7, 11) is 0. The second-order valence-corrected chi connectivity index (χ2v) is 7.51. The van der Waals surface area contributed by atoms with E-state index in [0.29, 0.717) is 22.8 Å². The fourth-order valence-electron chi connectivity index (χ4n) is 2.24. The topological polar surface area (TPSA) is 42.0 Å². The molecule has 134 valence electrons. The lowest BCUT2D eigenvalue weighted by Crippen LogP contribution is -2.11. The van der Waals surface area contributed by atoms with Crippen molar-refractivity contribution in [2.75, 3.05) is 11.1 Å². The van der Waals surface area contributed by atoms with Crippen molar-refractivity contribution in [3.8, 4) is 11.3 Å². The van der Waals surface area contributed by atoms with Crippen LogP contribution in [0.2, 0.25) is 0 Å². The van der Waals surface area contributed by atoms with E-state index in [4.69, 9.17) is 0 Å². The zero-order valence-corrected chi connectivity index (χ0v) is 15.4. The van der Waals surface area contributed by atoms with E-state index in [-0.39, 0.29) is 5.91 Å². The van der Waals surface area contributed by atoms with Gasteiger partial charge in [-0.1, -0.05) is 18.2 Å². The number of thioether (sulfide) groups is 1. The van der Waals surface area contributed by atoms with Crippen LogP contribution in [-0.2, 0) is 4.79 Å². The van der Waals surface area contributed by atoms with E-state index >= 15 is 0 Å². The van der Waals surface area contributed by atoms with Gasteiger partial charge in [-0.15, -0.1) is 23.1 Å². The van der Waals surface area contributed by atoms with Gasteiger partial charge in [0.1, 0.15) is 0 Å². The third-order valence-corrected chi connectivity index (χ3v) is 5.38. The molecule has 3 aromatic rings. The van der Waals surface area contributed by atoms with Crippen LogP contribution in [0.15, 0.2) is 58.8 Å². The largest absolute Gasteiger partial charge is 0.302 e. The maximum Gasteiger partial charge on any atom is 0.226 e. The summed E-state index contributed by atoms with van der Waals surface area (Å²) in [4.78, 5) is 17.4. The number of nitrogens with zero attached hydrogens (tertiary/aromatic N) is 1. The Morgan fingerprint density at radius 1 is 1.12 bits per heavy atom. The summed E-state index contributed by atoms with van der Waals surface area (Å²) < 4.78 is 26.3. The molecule has 1 heterocycles. The van der Waals surface area contributed by atoms with Crippen molar-refractivity contribution < 1.29 is 13.6 Å². The molecule has 1 amide bonds. The lowest BCUT2D eigenvalue weighted by molar-refractivity contribution is -0.116. The number of amides is 1. The van der Waals surface area contributed by atoms with E-state index in [0.717, 1.165) is 24.3 Å². The first-order valence-corrected chi connectivity index (χ1v) is 9.87. The molecular formula is C19H16F2N2OS2. The lowest BCUT2D eigenvalue weighted by Gasteiger charge is -2.03. The first kappa shape index (κ1) is 18.5. The van der Waals surface area contributed by atoms with Crippen LogP contribution in [-0.4, -0.2) is 16.6 Å². The number of nitrogens with one attached hydrogen (secondary N) is 1. The molecule has 1 N–H and O–H groups in total. The second-order valence-electron chi connectivity index (χ2n) is 5.48. The van der Waals surface area contributed by atoms with Crippen LogP contribution in [0.3, 0.4) is 0 Å². The number of carbonyl (C=O) groups excluding carboxylic acids is 1. The zero-order valence-electron chi connectivity index (χ0n) is 13.7. The predicted octanol–water partition coefficient (Wildman–Crippen LogP) is 5.60. The number of thiazole rings is 1. The van der Waals surface area contributed by atoms with Gasteiger partial charge in [-0.05, 0) is 42.5 Å². The van der Waals surface area contributed by atoms with Gasteiger partial charge in [0, 0.05) is 22.3 Å². The fraction of sp³-hybridized carbons (Fsp3) is 0.158. The highest BCUT2D eigenvalue weighted by molar-refractivity contribution is 7.99. The Kier molecular flexibility index (Phi) is 6.35. The third kappa shape index (κ3) is 5.12. The van der Waals surface area contributed by atoms with Crippen molar-refractivity contribution in [3.05, 3.63) is 65.5 Å². The quantitative estimate of drug-likeness (QED) is 0.422. The number of hydrogen-bond donors (Lipinski definition) is 1. The SMILES string of the molecule is O=C(CCCSc1ccccc1)Nc1nc(-c2ccc(F)c(F)c2)cs1. The Hall–Kier alpha value is -2.25. The van der Waals surface area contributed by atoms with Crippen LogP contribution in [0.1, 0.15) is 12.8 Å². The second kappa shape index (κ2) is 8.91. The van der Waals surface area contributed by atoms with Crippen LogP contribution < -0.4 is 5.32 Å². The highest BCUT2D eigenvalue weighted by atomic mass is 32.2. The Bertz CT molecular complexity index is 884. The van der Waals surface area contributed by atoms with Gasteiger partial charge in [0.25, 0.3) is 0 Å². The number of benzene rings is 2. The Labute approximate surface area is 158 Å². The maximum atomic E-state index is 13.3. The van der Waals surface area contributed by atoms with Crippen LogP contribution in [0.4, 0.5) is 13.9 Å².